The van der Waals surface area contributed by atoms with Gasteiger partial charge in [0.1, 0.15) is 5.69 Å². The first-order valence-electron chi connectivity index (χ1n) is 11.1. The number of hydrogen-bond acceptors (Lipinski definition) is 6. The molecule has 0 unspecified atom stereocenters. The number of likely N-dealkylation sites (tertiary alicyclic amines) is 1. The second kappa shape index (κ2) is 10.2. The minimum Gasteiger partial charge on any atom is -0.353 e. The van der Waals surface area contributed by atoms with E-state index in [0.717, 1.165) is 59.1 Å². The van der Waals surface area contributed by atoms with Crippen molar-refractivity contribution in [2.24, 2.45) is 0 Å². The monoisotopic (exact) mass is 429 g/mol. The van der Waals surface area contributed by atoms with Gasteiger partial charge in [0.05, 0.1) is 29.5 Å². The van der Waals surface area contributed by atoms with Crippen LogP contribution in [0.25, 0.3) is 11.4 Å². The Morgan fingerprint density at radius 2 is 1.84 bits per heavy atom. The number of aromatic nitrogens is 4. The highest BCUT2D eigenvalue weighted by atomic mass is 15.2. The minimum atomic E-state index is 0.698. The van der Waals surface area contributed by atoms with Gasteiger partial charge in [0.15, 0.2) is 0 Å². The summed E-state index contributed by atoms with van der Waals surface area (Å²) in [5.41, 5.74) is 6.89. The molecule has 4 heterocycles. The molecule has 166 valence electrons. The molecule has 1 fully saturated rings. The summed E-state index contributed by atoms with van der Waals surface area (Å²) < 4.78 is 0. The summed E-state index contributed by atoms with van der Waals surface area (Å²) >= 11 is 0. The average Bonchev–Trinajstić information content (AvgIpc) is 3.48. The number of nitrogens with one attached hydrogen (secondary N) is 3. The van der Waals surface area contributed by atoms with Crippen molar-refractivity contribution >= 4 is 22.8 Å². The van der Waals surface area contributed by atoms with E-state index in [0.29, 0.717) is 5.70 Å². The van der Waals surface area contributed by atoms with Crippen LogP contribution in [0.15, 0.2) is 56.0 Å². The lowest BCUT2D eigenvalue weighted by Gasteiger charge is -2.14. The number of H-pyrrole nitrogens is 1. The molecule has 0 bridgehead atoms. The molecule has 32 heavy (non-hydrogen) atoms. The van der Waals surface area contributed by atoms with Crippen LogP contribution in [0.3, 0.4) is 0 Å². The molecule has 0 aliphatic carbocycles. The van der Waals surface area contributed by atoms with E-state index >= 15 is 0 Å². The summed E-state index contributed by atoms with van der Waals surface area (Å²) in [5.74, 6) is 0. The predicted molar refractivity (Wildman–Crippen MR) is 131 cm³/mol. The van der Waals surface area contributed by atoms with Crippen molar-refractivity contribution in [2.45, 2.75) is 32.6 Å². The third-order valence-electron chi connectivity index (χ3n) is 5.71. The van der Waals surface area contributed by atoms with Crippen molar-refractivity contribution < 1.29 is 0 Å². The zero-order chi connectivity index (χ0) is 22.3. The maximum absolute atomic E-state index is 4.61. The maximum atomic E-state index is 4.61. The SMILES string of the molecule is C=C(Nc1cn[nH]c1C(=C)Nc1ccc(CCCN2CCCC2)nc1)c1ccc(C)nc1. The van der Waals surface area contributed by atoms with Crippen LogP contribution in [0.4, 0.5) is 11.4 Å². The molecule has 3 aromatic rings. The van der Waals surface area contributed by atoms with E-state index in [1.165, 1.54) is 25.9 Å². The van der Waals surface area contributed by atoms with E-state index in [1.807, 2.05) is 31.3 Å². The van der Waals surface area contributed by atoms with Crippen molar-refractivity contribution in [3.63, 3.8) is 0 Å². The number of aromatic amines is 1. The summed E-state index contributed by atoms with van der Waals surface area (Å²) in [6.45, 7) is 13.9. The Hall–Kier alpha value is -3.45. The number of nitrogens with zero attached hydrogens (tertiary/aromatic N) is 4. The molecule has 0 spiro atoms. The lowest BCUT2D eigenvalue weighted by molar-refractivity contribution is 0.333. The first-order chi connectivity index (χ1) is 15.6. The summed E-state index contributed by atoms with van der Waals surface area (Å²) in [7, 11) is 0. The molecule has 0 aromatic carbocycles. The van der Waals surface area contributed by atoms with Gasteiger partial charge in [-0.05, 0) is 76.5 Å². The highest BCUT2D eigenvalue weighted by molar-refractivity contribution is 5.84. The molecule has 1 aliphatic rings. The fraction of sp³-hybridized carbons (Fsp3) is 0.320. The quantitative estimate of drug-likeness (QED) is 0.433. The molecule has 0 saturated carbocycles. The maximum Gasteiger partial charge on any atom is 0.104 e. The number of pyridine rings is 2. The zero-order valence-corrected chi connectivity index (χ0v) is 18.7. The summed E-state index contributed by atoms with van der Waals surface area (Å²) in [4.78, 5) is 11.5. The summed E-state index contributed by atoms with van der Waals surface area (Å²) in [5, 5.41) is 13.8. The standard InChI is InChI=1S/C25H31N7/c1-18-8-9-21(15-26-18)19(2)30-24-17-28-31-25(24)20(3)29-23-11-10-22(27-16-23)7-6-14-32-12-4-5-13-32/h8-11,15-17,29-30H,2-7,12-14H2,1H3,(H,28,31). The average molecular weight is 430 g/mol. The fourth-order valence-electron chi connectivity index (χ4n) is 3.87. The zero-order valence-electron chi connectivity index (χ0n) is 18.7. The molecule has 3 aromatic heterocycles. The summed E-state index contributed by atoms with van der Waals surface area (Å²) in [6, 6.07) is 8.08. The van der Waals surface area contributed by atoms with Gasteiger partial charge in [0.25, 0.3) is 0 Å². The minimum absolute atomic E-state index is 0.698. The number of rotatable bonds is 10. The van der Waals surface area contributed by atoms with E-state index in [9.17, 15) is 0 Å². The van der Waals surface area contributed by atoms with Gasteiger partial charge >= 0.3 is 0 Å². The first kappa shape index (κ1) is 21.8. The van der Waals surface area contributed by atoms with Crippen LogP contribution in [-0.2, 0) is 6.42 Å². The molecular formula is C25H31N7. The van der Waals surface area contributed by atoms with Gasteiger partial charge in [-0.1, -0.05) is 13.2 Å². The Labute approximate surface area is 189 Å². The van der Waals surface area contributed by atoms with Crippen LogP contribution in [0.1, 0.15) is 41.9 Å². The predicted octanol–water partition coefficient (Wildman–Crippen LogP) is 4.70. The van der Waals surface area contributed by atoms with Gasteiger partial charge in [-0.3, -0.25) is 15.1 Å². The van der Waals surface area contributed by atoms with Crippen LogP contribution < -0.4 is 10.6 Å². The Balaban J connectivity index is 1.31. The molecule has 7 nitrogen and oxygen atoms in total. The molecule has 0 atom stereocenters. The highest BCUT2D eigenvalue weighted by Crippen LogP contribution is 2.25. The van der Waals surface area contributed by atoms with Gasteiger partial charge in [0.2, 0.25) is 0 Å². The van der Waals surface area contributed by atoms with Gasteiger partial charge in [-0.2, -0.15) is 5.10 Å². The smallest absolute Gasteiger partial charge is 0.104 e. The van der Waals surface area contributed by atoms with Gasteiger partial charge in [-0.25, -0.2) is 0 Å². The van der Waals surface area contributed by atoms with Crippen LogP contribution in [-0.4, -0.2) is 44.7 Å². The topological polar surface area (TPSA) is 81.8 Å². The van der Waals surface area contributed by atoms with Crippen LogP contribution >= 0.6 is 0 Å². The Kier molecular flexibility index (Phi) is 6.97. The van der Waals surface area contributed by atoms with Crippen molar-refractivity contribution in [3.8, 4) is 0 Å². The molecule has 0 radical (unpaired) electrons. The lowest BCUT2D eigenvalue weighted by atomic mass is 10.2. The Morgan fingerprint density at radius 3 is 2.56 bits per heavy atom. The summed E-state index contributed by atoms with van der Waals surface area (Å²) in [6.07, 6.45) is 10.2. The van der Waals surface area contributed by atoms with E-state index in [1.54, 1.807) is 12.4 Å². The van der Waals surface area contributed by atoms with Gasteiger partial charge in [-0.15, -0.1) is 0 Å². The number of anilines is 2. The number of hydrogen-bond donors (Lipinski definition) is 3. The highest BCUT2D eigenvalue weighted by Gasteiger charge is 2.12. The second-order valence-electron chi connectivity index (χ2n) is 8.24. The van der Waals surface area contributed by atoms with Crippen molar-refractivity contribution in [1.29, 1.82) is 0 Å². The van der Waals surface area contributed by atoms with E-state index in [-0.39, 0.29) is 0 Å². The molecule has 0 amide bonds. The molecule has 1 aliphatic heterocycles. The van der Waals surface area contributed by atoms with Crippen LogP contribution in [0, 0.1) is 6.92 Å². The Morgan fingerprint density at radius 1 is 1.00 bits per heavy atom. The fourth-order valence-corrected chi connectivity index (χ4v) is 3.87. The normalized spacial score (nSPS) is 13.8. The Bertz CT molecular complexity index is 1040. The second-order valence-corrected chi connectivity index (χ2v) is 8.24. The van der Waals surface area contributed by atoms with Crippen LogP contribution in [0.2, 0.25) is 0 Å². The third-order valence-corrected chi connectivity index (χ3v) is 5.71. The largest absolute Gasteiger partial charge is 0.353 e. The molecule has 3 N–H and O–H groups in total. The van der Waals surface area contributed by atoms with Gasteiger partial charge < -0.3 is 15.5 Å². The van der Waals surface area contributed by atoms with Crippen LogP contribution in [0.5, 0.6) is 0 Å². The molecule has 1 saturated heterocycles. The first-order valence-corrected chi connectivity index (χ1v) is 11.1. The molecule has 4 rings (SSSR count). The van der Waals surface area contributed by atoms with Crippen molar-refractivity contribution in [2.75, 3.05) is 30.3 Å². The van der Waals surface area contributed by atoms with Crippen molar-refractivity contribution in [1.82, 2.24) is 25.1 Å². The number of aryl methyl sites for hydroxylation is 2. The van der Waals surface area contributed by atoms with E-state index < -0.39 is 0 Å². The molecular weight excluding hydrogens is 398 g/mol. The molecule has 7 heteroatoms. The lowest BCUT2D eigenvalue weighted by Crippen LogP contribution is -2.20. The van der Waals surface area contributed by atoms with Gasteiger partial charge in [0, 0.05) is 28.8 Å². The van der Waals surface area contributed by atoms with E-state index in [2.05, 4.69) is 54.9 Å². The third kappa shape index (κ3) is 5.62. The van der Waals surface area contributed by atoms with Crippen molar-refractivity contribution in [3.05, 3.63) is 78.7 Å². The van der Waals surface area contributed by atoms with E-state index in [4.69, 9.17) is 0 Å².